The highest BCUT2D eigenvalue weighted by atomic mass is 32.1. The highest BCUT2D eigenvalue weighted by Crippen LogP contribution is 2.32. The van der Waals surface area contributed by atoms with Crippen molar-refractivity contribution in [2.75, 3.05) is 11.9 Å². The molecule has 0 radical (unpaired) electrons. The standard InChI is InChI=1S/C18H23BFNO4S/c1-10-7-12-11(8-13(26-12)21-16(22)24-17(2,3)4)14(15(10)20)19-23-9-18(5,6)25-19/h7-8H,9H2,1-6H3,(H,21,22). The van der Waals surface area contributed by atoms with Gasteiger partial charge in [-0.05, 0) is 64.6 Å². The van der Waals surface area contributed by atoms with Gasteiger partial charge < -0.3 is 14.0 Å². The molecule has 1 aliphatic rings. The van der Waals surface area contributed by atoms with Crippen molar-refractivity contribution in [2.24, 2.45) is 0 Å². The van der Waals surface area contributed by atoms with E-state index in [2.05, 4.69) is 5.32 Å². The average molecular weight is 379 g/mol. The number of rotatable bonds is 2. The molecule has 140 valence electrons. The van der Waals surface area contributed by atoms with Gasteiger partial charge in [0.05, 0.1) is 17.2 Å². The van der Waals surface area contributed by atoms with Crippen LogP contribution in [0, 0.1) is 12.7 Å². The largest absolute Gasteiger partial charge is 0.498 e. The van der Waals surface area contributed by atoms with E-state index in [1.54, 1.807) is 39.8 Å². The van der Waals surface area contributed by atoms with E-state index < -0.39 is 24.4 Å². The van der Waals surface area contributed by atoms with Crippen molar-refractivity contribution in [3.63, 3.8) is 0 Å². The van der Waals surface area contributed by atoms with Crippen LogP contribution < -0.4 is 10.8 Å². The van der Waals surface area contributed by atoms with Crippen LogP contribution in [-0.4, -0.2) is 31.0 Å². The Bertz CT molecular complexity index is 859. The lowest BCUT2D eigenvalue weighted by Crippen LogP contribution is -2.37. The Hall–Kier alpha value is -1.64. The number of fused-ring (bicyclic) bond motifs is 1. The van der Waals surface area contributed by atoms with E-state index in [4.69, 9.17) is 14.0 Å². The molecule has 2 heterocycles. The molecular weight excluding hydrogens is 356 g/mol. The monoisotopic (exact) mass is 379 g/mol. The molecule has 0 atom stereocenters. The van der Waals surface area contributed by atoms with Gasteiger partial charge in [0.2, 0.25) is 0 Å². The van der Waals surface area contributed by atoms with Crippen LogP contribution in [0.15, 0.2) is 12.1 Å². The molecule has 26 heavy (non-hydrogen) atoms. The Morgan fingerprint density at radius 2 is 2.08 bits per heavy atom. The number of carbonyl (C=O) groups excluding carboxylic acids is 1. The molecule has 1 saturated heterocycles. The van der Waals surface area contributed by atoms with E-state index in [0.29, 0.717) is 28.0 Å². The Morgan fingerprint density at radius 1 is 1.38 bits per heavy atom. The number of benzene rings is 1. The number of nitrogens with one attached hydrogen (secondary N) is 1. The normalized spacial score (nSPS) is 17.0. The first-order valence-corrected chi connectivity index (χ1v) is 9.29. The van der Waals surface area contributed by atoms with Gasteiger partial charge in [-0.15, -0.1) is 11.3 Å². The number of anilines is 1. The topological polar surface area (TPSA) is 56.8 Å². The van der Waals surface area contributed by atoms with Crippen molar-refractivity contribution in [1.82, 2.24) is 0 Å². The second kappa shape index (κ2) is 6.51. The molecule has 0 saturated carbocycles. The summed E-state index contributed by atoms with van der Waals surface area (Å²) in [6, 6.07) is 3.50. The third-order valence-corrected chi connectivity index (χ3v) is 4.85. The van der Waals surface area contributed by atoms with Gasteiger partial charge in [-0.2, -0.15) is 0 Å². The molecule has 1 fully saturated rings. The van der Waals surface area contributed by atoms with E-state index in [9.17, 15) is 9.18 Å². The number of halogens is 1. The van der Waals surface area contributed by atoms with E-state index in [1.165, 1.54) is 11.3 Å². The quantitative estimate of drug-likeness (QED) is 0.794. The van der Waals surface area contributed by atoms with Gasteiger partial charge in [0.15, 0.2) is 0 Å². The molecule has 0 bridgehead atoms. The van der Waals surface area contributed by atoms with Crippen LogP contribution in [-0.2, 0) is 14.0 Å². The Labute approximate surface area is 157 Å². The van der Waals surface area contributed by atoms with Gasteiger partial charge in [0, 0.05) is 10.2 Å². The summed E-state index contributed by atoms with van der Waals surface area (Å²) >= 11 is 1.36. The molecule has 0 aliphatic carbocycles. The Balaban J connectivity index is 1.96. The first-order chi connectivity index (χ1) is 12.0. The third-order valence-electron chi connectivity index (χ3n) is 3.85. The van der Waals surface area contributed by atoms with Crippen molar-refractivity contribution in [2.45, 2.75) is 52.7 Å². The minimum atomic E-state index is -0.767. The lowest BCUT2D eigenvalue weighted by atomic mass is 9.76. The molecule has 2 aromatic rings. The molecule has 0 unspecified atom stereocenters. The van der Waals surface area contributed by atoms with Gasteiger partial charge in [0.25, 0.3) is 0 Å². The Kier molecular flexibility index (Phi) is 4.79. The van der Waals surface area contributed by atoms with Crippen LogP contribution in [0.2, 0.25) is 0 Å². The van der Waals surface area contributed by atoms with Gasteiger partial charge >= 0.3 is 13.2 Å². The zero-order valence-corrected chi connectivity index (χ0v) is 16.7. The predicted octanol–water partition coefficient (Wildman–Crippen LogP) is 4.22. The summed E-state index contributed by atoms with van der Waals surface area (Å²) in [5, 5.41) is 3.97. The number of hydrogen-bond donors (Lipinski definition) is 1. The number of hydrogen-bond acceptors (Lipinski definition) is 5. The minimum absolute atomic E-state index is 0.346. The SMILES string of the molecule is Cc1cc2sc(NC(=O)OC(C)(C)C)cc2c(B2OCC(C)(C)O2)c1F. The molecule has 1 amide bonds. The lowest BCUT2D eigenvalue weighted by molar-refractivity contribution is 0.0636. The van der Waals surface area contributed by atoms with Crippen LogP contribution >= 0.6 is 11.3 Å². The molecule has 5 nitrogen and oxygen atoms in total. The maximum atomic E-state index is 14.9. The molecule has 8 heteroatoms. The maximum absolute atomic E-state index is 14.9. The summed E-state index contributed by atoms with van der Waals surface area (Å²) in [6.45, 7) is 11.3. The number of thiophene rings is 1. The van der Waals surface area contributed by atoms with Gasteiger partial charge in [-0.1, -0.05) is 0 Å². The maximum Gasteiger partial charge on any atom is 0.498 e. The van der Waals surface area contributed by atoms with E-state index in [0.717, 1.165) is 4.70 Å². The fourth-order valence-corrected chi connectivity index (χ4v) is 3.85. The zero-order chi connectivity index (χ0) is 19.3. The molecule has 1 aromatic heterocycles. The number of carbonyl (C=O) groups is 1. The van der Waals surface area contributed by atoms with E-state index in [-0.39, 0.29) is 5.82 Å². The first kappa shape index (κ1) is 19.1. The summed E-state index contributed by atoms with van der Waals surface area (Å²) in [5.74, 6) is -0.346. The first-order valence-electron chi connectivity index (χ1n) is 8.47. The summed E-state index contributed by atoms with van der Waals surface area (Å²) in [5.41, 5.74) is -0.180. The highest BCUT2D eigenvalue weighted by molar-refractivity contribution is 7.23. The fourth-order valence-electron chi connectivity index (χ4n) is 2.79. The summed E-state index contributed by atoms with van der Waals surface area (Å²) in [7, 11) is -0.767. The van der Waals surface area contributed by atoms with Crippen molar-refractivity contribution in [1.29, 1.82) is 0 Å². The summed E-state index contributed by atoms with van der Waals surface area (Å²) in [6.07, 6.45) is -0.544. The number of aryl methyl sites for hydroxylation is 1. The van der Waals surface area contributed by atoms with Gasteiger partial charge in [-0.25, -0.2) is 9.18 Å². The average Bonchev–Trinajstić information content (AvgIpc) is 3.00. The Morgan fingerprint density at radius 3 is 2.65 bits per heavy atom. The third kappa shape index (κ3) is 4.02. The molecule has 0 spiro atoms. The number of amides is 1. The van der Waals surface area contributed by atoms with Crippen molar-refractivity contribution >= 4 is 45.1 Å². The van der Waals surface area contributed by atoms with Crippen LogP contribution in [0.5, 0.6) is 0 Å². The van der Waals surface area contributed by atoms with Gasteiger partial charge in [-0.3, -0.25) is 5.32 Å². The molecule has 1 N–H and O–H groups in total. The second-order valence-electron chi connectivity index (χ2n) is 8.09. The molecule has 3 rings (SSSR count). The zero-order valence-electron chi connectivity index (χ0n) is 15.9. The van der Waals surface area contributed by atoms with Crippen molar-refractivity contribution in [3.8, 4) is 0 Å². The lowest BCUT2D eigenvalue weighted by Gasteiger charge is -2.19. The van der Waals surface area contributed by atoms with Gasteiger partial charge in [0.1, 0.15) is 11.4 Å². The van der Waals surface area contributed by atoms with Crippen LogP contribution in [0.4, 0.5) is 14.2 Å². The smallest absolute Gasteiger partial charge is 0.444 e. The summed E-state index contributed by atoms with van der Waals surface area (Å²) < 4.78 is 32.5. The van der Waals surface area contributed by atoms with Crippen LogP contribution in [0.25, 0.3) is 10.1 Å². The van der Waals surface area contributed by atoms with Crippen LogP contribution in [0.3, 0.4) is 0 Å². The summed E-state index contributed by atoms with van der Waals surface area (Å²) in [4.78, 5) is 12.0. The fraction of sp³-hybridized carbons (Fsp3) is 0.500. The van der Waals surface area contributed by atoms with Crippen LogP contribution in [0.1, 0.15) is 40.2 Å². The predicted molar refractivity (Wildman–Crippen MR) is 103 cm³/mol. The van der Waals surface area contributed by atoms with Crippen molar-refractivity contribution < 1.29 is 23.2 Å². The van der Waals surface area contributed by atoms with E-state index >= 15 is 0 Å². The van der Waals surface area contributed by atoms with Crippen molar-refractivity contribution in [3.05, 3.63) is 23.5 Å². The molecule has 1 aliphatic heterocycles. The highest BCUT2D eigenvalue weighted by Gasteiger charge is 2.41. The second-order valence-corrected chi connectivity index (χ2v) is 9.17. The molecule has 1 aromatic carbocycles. The van der Waals surface area contributed by atoms with E-state index in [1.807, 2.05) is 13.8 Å². The number of ether oxygens (including phenoxy) is 1. The molecular formula is C18H23BFNO4S. The minimum Gasteiger partial charge on any atom is -0.444 e.